The fourth-order valence-electron chi connectivity index (χ4n) is 6.82. The van der Waals surface area contributed by atoms with Gasteiger partial charge in [-0.2, -0.15) is 0 Å². The molecule has 1 amide bonds. The second-order valence-electron chi connectivity index (χ2n) is 14.3. The third kappa shape index (κ3) is 7.81. The van der Waals surface area contributed by atoms with Crippen molar-refractivity contribution >= 4 is 11.9 Å². The van der Waals surface area contributed by atoms with E-state index in [2.05, 4.69) is 59.0 Å². The van der Waals surface area contributed by atoms with Gasteiger partial charge in [-0.15, -0.1) is 0 Å². The molecule has 7 nitrogen and oxygen atoms in total. The molecule has 1 N–H and O–H groups in total. The van der Waals surface area contributed by atoms with E-state index in [0.29, 0.717) is 13.0 Å². The number of nitrogens with one attached hydrogen (secondary N) is 1. The van der Waals surface area contributed by atoms with E-state index in [1.165, 1.54) is 5.56 Å². The lowest BCUT2D eigenvalue weighted by atomic mass is 9.72. The molecule has 0 saturated carbocycles. The molecular formula is C39H52N2O5. The number of methoxy groups -OCH3 is 2. The van der Waals surface area contributed by atoms with Crippen molar-refractivity contribution in [3.8, 4) is 5.75 Å². The lowest BCUT2D eigenvalue weighted by Gasteiger charge is -2.36. The van der Waals surface area contributed by atoms with Crippen LogP contribution in [0.1, 0.15) is 76.8 Å². The first kappa shape index (κ1) is 35.2. The minimum absolute atomic E-state index is 0.0406. The SMILES string of the molecule is CCOC(=O)[C@@H]1[C@@H](C(C)(C)C)[C@H](NCc2cc(C(C)(C)C)ccc2OC)[C@H](c2ccccc2)N1C(=O)[C@@H](Cc1ccccc1)OC. The van der Waals surface area contributed by atoms with Crippen molar-refractivity contribution in [3.63, 3.8) is 0 Å². The van der Waals surface area contributed by atoms with Gasteiger partial charge in [0.15, 0.2) is 0 Å². The lowest BCUT2D eigenvalue weighted by molar-refractivity contribution is -0.160. The van der Waals surface area contributed by atoms with Gasteiger partial charge in [-0.1, -0.05) is 114 Å². The third-order valence-corrected chi connectivity index (χ3v) is 9.09. The van der Waals surface area contributed by atoms with Crippen molar-refractivity contribution in [3.05, 3.63) is 101 Å². The maximum absolute atomic E-state index is 14.8. The number of carbonyl (C=O) groups is 2. The van der Waals surface area contributed by atoms with Crippen LogP contribution in [0.2, 0.25) is 0 Å². The monoisotopic (exact) mass is 628 g/mol. The van der Waals surface area contributed by atoms with Crippen LogP contribution in [0.15, 0.2) is 78.9 Å². The normalized spacial score (nSPS) is 20.8. The quantitative estimate of drug-likeness (QED) is 0.233. The first-order chi connectivity index (χ1) is 21.8. The first-order valence-electron chi connectivity index (χ1n) is 16.3. The Balaban J connectivity index is 1.86. The molecular weight excluding hydrogens is 576 g/mol. The van der Waals surface area contributed by atoms with Gasteiger partial charge in [-0.25, -0.2) is 4.79 Å². The molecule has 5 atom stereocenters. The zero-order valence-corrected chi connectivity index (χ0v) is 29.0. The Labute approximate surface area is 275 Å². The predicted molar refractivity (Wildman–Crippen MR) is 183 cm³/mol. The van der Waals surface area contributed by atoms with Gasteiger partial charge in [-0.05, 0) is 40.5 Å². The van der Waals surface area contributed by atoms with Crippen LogP contribution in [0, 0.1) is 11.3 Å². The molecule has 3 aromatic rings. The number of esters is 1. The van der Waals surface area contributed by atoms with Crippen LogP contribution in [-0.2, 0) is 37.4 Å². The van der Waals surface area contributed by atoms with Crippen molar-refractivity contribution in [1.29, 1.82) is 0 Å². The van der Waals surface area contributed by atoms with Crippen LogP contribution >= 0.6 is 0 Å². The van der Waals surface area contributed by atoms with Crippen molar-refractivity contribution in [2.45, 2.75) is 91.1 Å². The molecule has 0 unspecified atom stereocenters. The number of hydrogen-bond donors (Lipinski definition) is 1. The molecule has 1 aliphatic heterocycles. The van der Waals surface area contributed by atoms with Crippen molar-refractivity contribution < 1.29 is 23.8 Å². The molecule has 0 aromatic heterocycles. The van der Waals surface area contributed by atoms with Crippen LogP contribution in [0.4, 0.5) is 0 Å². The summed E-state index contributed by atoms with van der Waals surface area (Å²) in [6.45, 7) is 15.5. The number of rotatable bonds is 11. The van der Waals surface area contributed by atoms with E-state index in [9.17, 15) is 9.59 Å². The number of benzene rings is 3. The number of ether oxygens (including phenoxy) is 3. The number of hydrogen-bond acceptors (Lipinski definition) is 6. The molecule has 7 heteroatoms. The van der Waals surface area contributed by atoms with E-state index in [1.54, 1.807) is 26.0 Å². The molecule has 4 rings (SSSR count). The highest BCUT2D eigenvalue weighted by Gasteiger charge is 2.59. The second kappa shape index (κ2) is 14.8. The summed E-state index contributed by atoms with van der Waals surface area (Å²) in [4.78, 5) is 30.6. The van der Waals surface area contributed by atoms with Gasteiger partial charge < -0.3 is 24.4 Å². The Morgan fingerprint density at radius 1 is 0.891 bits per heavy atom. The van der Waals surface area contributed by atoms with Crippen molar-refractivity contribution in [1.82, 2.24) is 10.2 Å². The van der Waals surface area contributed by atoms with Gasteiger partial charge in [0.25, 0.3) is 5.91 Å². The molecule has 1 heterocycles. The highest BCUT2D eigenvalue weighted by atomic mass is 16.5. The molecule has 1 aliphatic rings. The maximum Gasteiger partial charge on any atom is 0.329 e. The van der Waals surface area contributed by atoms with Crippen LogP contribution in [0.3, 0.4) is 0 Å². The van der Waals surface area contributed by atoms with E-state index >= 15 is 0 Å². The Morgan fingerprint density at radius 3 is 2.07 bits per heavy atom. The molecule has 46 heavy (non-hydrogen) atoms. The molecule has 1 saturated heterocycles. The third-order valence-electron chi connectivity index (χ3n) is 9.09. The van der Waals surface area contributed by atoms with Gasteiger partial charge in [0, 0.05) is 37.6 Å². The molecule has 0 radical (unpaired) electrons. The highest BCUT2D eigenvalue weighted by Crippen LogP contribution is 2.49. The Hall–Kier alpha value is -3.68. The topological polar surface area (TPSA) is 77.1 Å². The van der Waals surface area contributed by atoms with Crippen LogP contribution in [0.25, 0.3) is 0 Å². The van der Waals surface area contributed by atoms with Gasteiger partial charge >= 0.3 is 5.97 Å². The number of nitrogens with zero attached hydrogens (tertiary/aromatic N) is 1. The van der Waals surface area contributed by atoms with Crippen molar-refractivity contribution in [2.75, 3.05) is 20.8 Å². The predicted octanol–water partition coefficient (Wildman–Crippen LogP) is 6.89. The van der Waals surface area contributed by atoms with E-state index in [-0.39, 0.29) is 35.3 Å². The molecule has 3 aromatic carbocycles. The number of amides is 1. The van der Waals surface area contributed by atoms with Gasteiger partial charge in [0.05, 0.1) is 19.8 Å². The van der Waals surface area contributed by atoms with Crippen LogP contribution in [-0.4, -0.2) is 55.8 Å². The summed E-state index contributed by atoms with van der Waals surface area (Å²) in [5, 5.41) is 3.85. The Bertz CT molecular complexity index is 1440. The summed E-state index contributed by atoms with van der Waals surface area (Å²) in [5.41, 5.74) is 3.73. The molecule has 0 bridgehead atoms. The smallest absolute Gasteiger partial charge is 0.329 e. The van der Waals surface area contributed by atoms with Gasteiger partial charge in [0.1, 0.15) is 17.9 Å². The summed E-state index contributed by atoms with van der Waals surface area (Å²) in [6, 6.07) is 24.6. The standard InChI is InChI=1S/C39H52N2O5/c1-10-46-37(43)35-32(39(5,6)7)33(40-25-28-24-29(38(2,3)4)21-22-30(28)44-8)34(27-19-15-12-16-20-27)41(35)36(42)31(45-9)23-26-17-13-11-14-18-26/h11-22,24,31-35,40H,10,23,25H2,1-9H3/t31-,32+,33+,34+,35+/m1/s1. The summed E-state index contributed by atoms with van der Waals surface area (Å²) in [6.07, 6.45) is -0.396. The summed E-state index contributed by atoms with van der Waals surface area (Å²) < 4.78 is 17.4. The van der Waals surface area contributed by atoms with Crippen LogP contribution in [0.5, 0.6) is 5.75 Å². The van der Waals surface area contributed by atoms with E-state index in [0.717, 1.165) is 22.4 Å². The maximum atomic E-state index is 14.8. The lowest BCUT2D eigenvalue weighted by Crippen LogP contribution is -2.51. The van der Waals surface area contributed by atoms with Crippen LogP contribution < -0.4 is 10.1 Å². The fraction of sp³-hybridized carbons (Fsp3) is 0.487. The Kier molecular flexibility index (Phi) is 11.3. The molecule has 0 spiro atoms. The fourth-order valence-corrected chi connectivity index (χ4v) is 6.82. The first-order valence-corrected chi connectivity index (χ1v) is 16.3. The average molecular weight is 629 g/mol. The summed E-state index contributed by atoms with van der Waals surface area (Å²) >= 11 is 0. The van der Waals surface area contributed by atoms with Gasteiger partial charge in [-0.3, -0.25) is 4.79 Å². The highest BCUT2D eigenvalue weighted by molar-refractivity contribution is 5.89. The summed E-state index contributed by atoms with van der Waals surface area (Å²) in [7, 11) is 3.24. The minimum atomic E-state index is -0.827. The number of carbonyl (C=O) groups excluding carboxylic acids is 2. The van der Waals surface area contributed by atoms with E-state index in [1.807, 2.05) is 66.7 Å². The Morgan fingerprint density at radius 2 is 1.52 bits per heavy atom. The zero-order valence-electron chi connectivity index (χ0n) is 29.0. The second-order valence-corrected chi connectivity index (χ2v) is 14.3. The van der Waals surface area contributed by atoms with E-state index < -0.39 is 24.2 Å². The molecule has 0 aliphatic carbocycles. The summed E-state index contributed by atoms with van der Waals surface area (Å²) in [5.74, 6) is -0.127. The largest absolute Gasteiger partial charge is 0.496 e. The number of likely N-dealkylation sites (tertiary alicyclic amines) is 1. The minimum Gasteiger partial charge on any atom is -0.496 e. The molecule has 248 valence electrons. The van der Waals surface area contributed by atoms with Crippen molar-refractivity contribution in [2.24, 2.45) is 11.3 Å². The van der Waals surface area contributed by atoms with Gasteiger partial charge in [0.2, 0.25) is 0 Å². The molecule has 1 fully saturated rings. The zero-order chi connectivity index (χ0) is 33.6. The van der Waals surface area contributed by atoms with E-state index in [4.69, 9.17) is 14.2 Å². The average Bonchev–Trinajstić information content (AvgIpc) is 3.38.